The zero-order chi connectivity index (χ0) is 18.8. The van der Waals surface area contributed by atoms with Crippen LogP contribution in [0.25, 0.3) is 10.9 Å². The van der Waals surface area contributed by atoms with Gasteiger partial charge in [-0.3, -0.25) is 19.1 Å². The van der Waals surface area contributed by atoms with Crippen molar-refractivity contribution in [2.75, 3.05) is 13.1 Å². The Morgan fingerprint density at radius 3 is 2.92 bits per heavy atom. The number of benzene rings is 1. The van der Waals surface area contributed by atoms with Gasteiger partial charge in [-0.15, -0.1) is 6.58 Å². The van der Waals surface area contributed by atoms with Crippen molar-refractivity contribution in [1.82, 2.24) is 19.8 Å². The van der Waals surface area contributed by atoms with E-state index in [1.807, 2.05) is 0 Å². The van der Waals surface area contributed by atoms with Gasteiger partial charge in [-0.05, 0) is 25.1 Å². The van der Waals surface area contributed by atoms with E-state index in [2.05, 4.69) is 16.9 Å². The summed E-state index contributed by atoms with van der Waals surface area (Å²) in [6, 6.07) is 4.50. The number of rotatable bonds is 5. The van der Waals surface area contributed by atoms with Crippen molar-refractivity contribution in [2.45, 2.75) is 23.9 Å². The fourth-order valence-electron chi connectivity index (χ4n) is 2.66. The van der Waals surface area contributed by atoms with E-state index in [0.717, 1.165) is 11.8 Å². The largest absolute Gasteiger partial charge is 0.336 e. The predicted molar refractivity (Wildman–Crippen MR) is 102 cm³/mol. The number of carbonyl (C=O) groups excluding carboxylic acids is 2. The molecule has 1 aromatic heterocycles. The third-order valence-electron chi connectivity index (χ3n) is 3.95. The van der Waals surface area contributed by atoms with Crippen LogP contribution in [0.1, 0.15) is 6.92 Å². The van der Waals surface area contributed by atoms with Crippen LogP contribution in [-0.4, -0.2) is 44.7 Å². The Kier molecular flexibility index (Phi) is 5.33. The van der Waals surface area contributed by atoms with Gasteiger partial charge in [0, 0.05) is 24.7 Å². The minimum atomic E-state index is -0.577. The number of halogens is 1. The fraction of sp³-hybridized carbons (Fsp3) is 0.294. The molecule has 1 aliphatic heterocycles. The maximum absolute atomic E-state index is 12.8. The summed E-state index contributed by atoms with van der Waals surface area (Å²) in [7, 11) is 0. The van der Waals surface area contributed by atoms with Gasteiger partial charge in [-0.25, -0.2) is 9.78 Å². The highest BCUT2D eigenvalue weighted by Gasteiger charge is 2.31. The second kappa shape index (κ2) is 7.51. The Balaban J connectivity index is 1.98. The van der Waals surface area contributed by atoms with E-state index in [-0.39, 0.29) is 18.0 Å². The number of hydrogen-bond acceptors (Lipinski definition) is 5. The van der Waals surface area contributed by atoms with Crippen LogP contribution in [-0.2, 0) is 11.3 Å². The van der Waals surface area contributed by atoms with Gasteiger partial charge >= 0.3 is 6.03 Å². The number of amides is 3. The number of urea groups is 1. The Bertz CT molecular complexity index is 959. The fourth-order valence-corrected chi connectivity index (χ4v) is 3.81. The van der Waals surface area contributed by atoms with E-state index in [1.165, 1.54) is 9.47 Å². The van der Waals surface area contributed by atoms with Crippen molar-refractivity contribution in [3.63, 3.8) is 0 Å². The molecule has 0 saturated carbocycles. The van der Waals surface area contributed by atoms with Gasteiger partial charge in [0.25, 0.3) is 5.56 Å². The van der Waals surface area contributed by atoms with Gasteiger partial charge in [-0.1, -0.05) is 29.4 Å². The zero-order valence-corrected chi connectivity index (χ0v) is 15.6. The molecular formula is C17H17ClN4O3S. The SMILES string of the molecule is C=CCn1c(S[C@@H](C)C(=O)N2CCNC2=O)nc2ccc(Cl)cc2c1=O. The summed E-state index contributed by atoms with van der Waals surface area (Å²) in [5.74, 6) is -0.319. The van der Waals surface area contributed by atoms with E-state index < -0.39 is 11.3 Å². The lowest BCUT2D eigenvalue weighted by Gasteiger charge is -2.19. The summed E-state index contributed by atoms with van der Waals surface area (Å²) < 4.78 is 1.45. The van der Waals surface area contributed by atoms with Crippen molar-refractivity contribution in [3.8, 4) is 0 Å². The number of aromatic nitrogens is 2. The van der Waals surface area contributed by atoms with Crippen molar-refractivity contribution in [3.05, 3.63) is 46.2 Å². The van der Waals surface area contributed by atoms with Gasteiger partial charge in [-0.2, -0.15) is 0 Å². The van der Waals surface area contributed by atoms with Crippen molar-refractivity contribution >= 4 is 46.2 Å². The minimum Gasteiger partial charge on any atom is -0.336 e. The predicted octanol–water partition coefficient (Wildman–Crippen LogP) is 2.27. The topological polar surface area (TPSA) is 84.3 Å². The minimum absolute atomic E-state index is 0.251. The number of nitrogens with one attached hydrogen (secondary N) is 1. The summed E-state index contributed by atoms with van der Waals surface area (Å²) in [4.78, 5) is 42.7. The van der Waals surface area contributed by atoms with Crippen LogP contribution >= 0.6 is 23.4 Å². The molecule has 1 atom stereocenters. The van der Waals surface area contributed by atoms with Gasteiger partial charge in [0.2, 0.25) is 5.91 Å². The molecule has 0 aliphatic carbocycles. The molecule has 2 heterocycles. The number of imide groups is 1. The second-order valence-corrected chi connectivity index (χ2v) is 7.49. The van der Waals surface area contributed by atoms with E-state index in [9.17, 15) is 14.4 Å². The molecule has 0 unspecified atom stereocenters. The first kappa shape index (κ1) is 18.5. The van der Waals surface area contributed by atoms with Crippen molar-refractivity contribution in [1.29, 1.82) is 0 Å². The molecule has 1 aromatic carbocycles. The standard InChI is InChI=1S/C17H17ClN4O3S/c1-3-7-22-15(24)12-9-11(18)4-5-13(12)20-17(22)26-10(2)14(23)21-8-6-19-16(21)25/h3-5,9-10H,1,6-8H2,2H3,(H,19,25)/t10-/m0/s1. The Morgan fingerprint density at radius 2 is 2.27 bits per heavy atom. The third-order valence-corrected chi connectivity index (χ3v) is 5.26. The lowest BCUT2D eigenvalue weighted by Crippen LogP contribution is -2.39. The first-order valence-corrected chi connectivity index (χ1v) is 9.25. The molecule has 1 saturated heterocycles. The Labute approximate surface area is 159 Å². The van der Waals surface area contributed by atoms with Crippen LogP contribution in [0, 0.1) is 0 Å². The normalized spacial score (nSPS) is 15.2. The number of allylic oxidation sites excluding steroid dienone is 1. The number of carbonyl (C=O) groups is 2. The number of fused-ring (bicyclic) bond motifs is 1. The molecule has 9 heteroatoms. The van der Waals surface area contributed by atoms with Crippen LogP contribution in [0.4, 0.5) is 4.79 Å². The molecule has 2 aromatic rings. The summed E-state index contributed by atoms with van der Waals surface area (Å²) in [5, 5.41) is 3.27. The molecule has 1 N–H and O–H groups in total. The molecule has 3 amide bonds. The highest BCUT2D eigenvalue weighted by Crippen LogP contribution is 2.25. The van der Waals surface area contributed by atoms with E-state index in [1.54, 1.807) is 31.2 Å². The summed E-state index contributed by atoms with van der Waals surface area (Å²) in [6.45, 7) is 6.39. The van der Waals surface area contributed by atoms with Crippen molar-refractivity contribution < 1.29 is 9.59 Å². The molecule has 0 spiro atoms. The lowest BCUT2D eigenvalue weighted by molar-refractivity contribution is -0.126. The number of nitrogens with zero attached hydrogens (tertiary/aromatic N) is 3. The molecule has 0 radical (unpaired) electrons. The zero-order valence-electron chi connectivity index (χ0n) is 14.1. The smallest absolute Gasteiger partial charge is 0.324 e. The molecule has 3 rings (SSSR count). The van der Waals surface area contributed by atoms with Gasteiger partial charge in [0.1, 0.15) is 0 Å². The number of thioether (sulfide) groups is 1. The molecule has 1 aliphatic rings. The van der Waals surface area contributed by atoms with Gasteiger partial charge in [0.15, 0.2) is 5.16 Å². The average Bonchev–Trinajstić information content (AvgIpc) is 3.04. The lowest BCUT2D eigenvalue weighted by atomic mass is 10.2. The maximum atomic E-state index is 12.8. The quantitative estimate of drug-likeness (QED) is 0.479. The van der Waals surface area contributed by atoms with Crippen LogP contribution < -0.4 is 10.9 Å². The molecular weight excluding hydrogens is 376 g/mol. The van der Waals surface area contributed by atoms with Crippen LogP contribution in [0.15, 0.2) is 40.8 Å². The third kappa shape index (κ3) is 3.47. The Morgan fingerprint density at radius 1 is 1.50 bits per heavy atom. The molecule has 0 bridgehead atoms. The summed E-state index contributed by atoms with van der Waals surface area (Å²) in [6.07, 6.45) is 1.59. The van der Waals surface area contributed by atoms with Crippen LogP contribution in [0.2, 0.25) is 5.02 Å². The average molecular weight is 393 g/mol. The van der Waals surface area contributed by atoms with E-state index >= 15 is 0 Å². The number of hydrogen-bond donors (Lipinski definition) is 1. The first-order valence-electron chi connectivity index (χ1n) is 7.99. The Hall–Kier alpha value is -2.32. The van der Waals surface area contributed by atoms with E-state index in [0.29, 0.717) is 34.2 Å². The monoisotopic (exact) mass is 392 g/mol. The van der Waals surface area contributed by atoms with Gasteiger partial charge in [0.05, 0.1) is 16.2 Å². The molecule has 1 fully saturated rings. The molecule has 136 valence electrons. The van der Waals surface area contributed by atoms with E-state index in [4.69, 9.17) is 11.6 Å². The van der Waals surface area contributed by atoms with Crippen LogP contribution in [0.3, 0.4) is 0 Å². The van der Waals surface area contributed by atoms with Gasteiger partial charge < -0.3 is 5.32 Å². The van der Waals surface area contributed by atoms with Crippen molar-refractivity contribution in [2.24, 2.45) is 0 Å². The molecule has 26 heavy (non-hydrogen) atoms. The highest BCUT2D eigenvalue weighted by atomic mass is 35.5. The second-order valence-electron chi connectivity index (χ2n) is 5.74. The summed E-state index contributed by atoms with van der Waals surface area (Å²) >= 11 is 7.12. The molecule has 7 nitrogen and oxygen atoms in total. The first-order chi connectivity index (χ1) is 12.4. The summed E-state index contributed by atoms with van der Waals surface area (Å²) in [5.41, 5.74) is 0.249. The van der Waals surface area contributed by atoms with Crippen LogP contribution in [0.5, 0.6) is 0 Å². The maximum Gasteiger partial charge on any atom is 0.324 e. The highest BCUT2D eigenvalue weighted by molar-refractivity contribution is 8.00.